The van der Waals surface area contributed by atoms with Gasteiger partial charge in [-0.25, -0.2) is 4.98 Å². The number of methoxy groups -OCH3 is 1. The Balaban J connectivity index is 1.34. The van der Waals surface area contributed by atoms with Gasteiger partial charge in [-0.1, -0.05) is 6.07 Å². The number of anilines is 1. The second-order valence-corrected chi connectivity index (χ2v) is 9.42. The Kier molecular flexibility index (Phi) is 6.55. The lowest BCUT2D eigenvalue weighted by molar-refractivity contribution is -0.116. The van der Waals surface area contributed by atoms with Crippen molar-refractivity contribution in [3.8, 4) is 27.6 Å². The van der Waals surface area contributed by atoms with Gasteiger partial charge in [0.25, 0.3) is 5.91 Å². The van der Waals surface area contributed by atoms with E-state index in [2.05, 4.69) is 10.3 Å². The molecule has 34 heavy (non-hydrogen) atoms. The molecular weight excluding hydrogens is 452 g/mol. The van der Waals surface area contributed by atoms with E-state index in [9.17, 15) is 9.59 Å². The first kappa shape index (κ1) is 22.5. The third-order valence-electron chi connectivity index (χ3n) is 5.97. The van der Waals surface area contributed by atoms with Gasteiger partial charge in [-0.15, -0.1) is 11.3 Å². The van der Waals surface area contributed by atoms with Crippen LogP contribution in [0.25, 0.3) is 21.8 Å². The standard InChI is InChI=1S/C25H26N4O4S/c1-32-22-11-17(4-5-19(22)25(31)29-6-8-33-9-7-29)20-13-26-14-21(28-20)23-12-18(15-34-23)27-24(30)10-16-2-3-16/h4-5,11-16H,2-3,6-10H2,1H3,(H,27,30). The minimum Gasteiger partial charge on any atom is -0.496 e. The van der Waals surface area contributed by atoms with Gasteiger partial charge in [0.1, 0.15) is 5.75 Å². The molecule has 1 aliphatic carbocycles. The molecule has 3 aromatic rings. The van der Waals surface area contributed by atoms with Crippen LogP contribution in [0.2, 0.25) is 0 Å². The van der Waals surface area contributed by atoms with Gasteiger partial charge in [0.2, 0.25) is 5.91 Å². The molecule has 1 saturated heterocycles. The molecule has 2 aliphatic rings. The number of nitrogens with one attached hydrogen (secondary N) is 1. The fourth-order valence-corrected chi connectivity index (χ4v) is 4.72. The van der Waals surface area contributed by atoms with Crippen molar-refractivity contribution in [2.24, 2.45) is 5.92 Å². The van der Waals surface area contributed by atoms with Gasteiger partial charge in [0, 0.05) is 30.5 Å². The molecule has 1 aliphatic heterocycles. The summed E-state index contributed by atoms with van der Waals surface area (Å²) in [5, 5.41) is 4.89. The Hall–Kier alpha value is -3.30. The van der Waals surface area contributed by atoms with Gasteiger partial charge in [-0.2, -0.15) is 0 Å². The Labute approximate surface area is 201 Å². The zero-order chi connectivity index (χ0) is 23.5. The lowest BCUT2D eigenvalue weighted by Gasteiger charge is -2.27. The van der Waals surface area contributed by atoms with Crippen LogP contribution in [0.15, 0.2) is 42.0 Å². The zero-order valence-corrected chi connectivity index (χ0v) is 19.8. The van der Waals surface area contributed by atoms with E-state index in [0.29, 0.717) is 55.6 Å². The number of rotatable bonds is 7. The van der Waals surface area contributed by atoms with Gasteiger partial charge in [-0.3, -0.25) is 14.6 Å². The Morgan fingerprint density at radius 1 is 1.18 bits per heavy atom. The summed E-state index contributed by atoms with van der Waals surface area (Å²) in [4.78, 5) is 36.9. The van der Waals surface area contributed by atoms with E-state index in [0.717, 1.165) is 34.7 Å². The molecule has 176 valence electrons. The average Bonchev–Trinajstić information content (AvgIpc) is 3.57. The summed E-state index contributed by atoms with van der Waals surface area (Å²) in [5.74, 6) is 1.04. The molecule has 1 N–H and O–H groups in total. The second-order valence-electron chi connectivity index (χ2n) is 8.50. The number of benzene rings is 1. The van der Waals surface area contributed by atoms with Gasteiger partial charge in [0.15, 0.2) is 0 Å². The lowest BCUT2D eigenvalue weighted by Crippen LogP contribution is -2.40. The maximum atomic E-state index is 12.9. The van der Waals surface area contributed by atoms with Crippen molar-refractivity contribution in [2.75, 3.05) is 38.7 Å². The number of aromatic nitrogens is 2. The maximum Gasteiger partial charge on any atom is 0.257 e. The number of hydrogen-bond acceptors (Lipinski definition) is 7. The van der Waals surface area contributed by atoms with Crippen LogP contribution in [0.5, 0.6) is 5.75 Å². The molecule has 1 aromatic carbocycles. The molecule has 1 saturated carbocycles. The molecule has 0 atom stereocenters. The Bertz CT molecular complexity index is 1200. The summed E-state index contributed by atoms with van der Waals surface area (Å²) >= 11 is 1.51. The van der Waals surface area contributed by atoms with Gasteiger partial charge >= 0.3 is 0 Å². The highest BCUT2D eigenvalue weighted by Gasteiger charge is 2.25. The predicted molar refractivity (Wildman–Crippen MR) is 130 cm³/mol. The van der Waals surface area contributed by atoms with Crippen molar-refractivity contribution in [3.63, 3.8) is 0 Å². The van der Waals surface area contributed by atoms with E-state index in [1.165, 1.54) is 11.3 Å². The van der Waals surface area contributed by atoms with Crippen LogP contribution in [0, 0.1) is 5.92 Å². The minimum atomic E-state index is -0.0682. The zero-order valence-electron chi connectivity index (χ0n) is 19.0. The van der Waals surface area contributed by atoms with Crippen LogP contribution < -0.4 is 10.1 Å². The van der Waals surface area contributed by atoms with Crippen molar-refractivity contribution in [3.05, 3.63) is 47.6 Å². The molecule has 0 bridgehead atoms. The summed E-state index contributed by atoms with van der Waals surface area (Å²) in [6, 6.07) is 7.38. The van der Waals surface area contributed by atoms with E-state index in [1.54, 1.807) is 30.5 Å². The van der Waals surface area contributed by atoms with Crippen molar-refractivity contribution in [2.45, 2.75) is 19.3 Å². The van der Waals surface area contributed by atoms with Crippen LogP contribution in [-0.4, -0.2) is 60.1 Å². The van der Waals surface area contributed by atoms with E-state index >= 15 is 0 Å². The molecule has 2 aromatic heterocycles. The molecule has 5 rings (SSSR count). The molecule has 3 heterocycles. The number of carbonyl (C=O) groups excluding carboxylic acids is 2. The maximum absolute atomic E-state index is 12.9. The first-order valence-electron chi connectivity index (χ1n) is 11.4. The number of ether oxygens (including phenoxy) is 2. The van der Waals surface area contributed by atoms with Crippen LogP contribution in [-0.2, 0) is 9.53 Å². The molecule has 9 heteroatoms. The third kappa shape index (κ3) is 5.10. The first-order valence-corrected chi connectivity index (χ1v) is 12.2. The molecule has 0 spiro atoms. The topological polar surface area (TPSA) is 93.7 Å². The third-order valence-corrected chi connectivity index (χ3v) is 6.92. The fraction of sp³-hybridized carbons (Fsp3) is 0.360. The number of morpholine rings is 1. The number of carbonyl (C=O) groups is 2. The first-order chi connectivity index (χ1) is 16.6. The second kappa shape index (κ2) is 9.90. The quantitative estimate of drug-likeness (QED) is 0.550. The van der Waals surface area contributed by atoms with E-state index in [-0.39, 0.29) is 11.8 Å². The average molecular weight is 479 g/mol. The SMILES string of the molecule is COc1cc(-c2cncc(-c3cc(NC(=O)CC4CC4)cs3)n2)ccc1C(=O)N1CCOCC1. The van der Waals surface area contributed by atoms with Gasteiger partial charge in [0.05, 0.1) is 60.2 Å². The number of thiophene rings is 1. The van der Waals surface area contributed by atoms with Crippen LogP contribution in [0.4, 0.5) is 5.69 Å². The minimum absolute atomic E-state index is 0.0606. The highest BCUT2D eigenvalue weighted by molar-refractivity contribution is 7.14. The van der Waals surface area contributed by atoms with Crippen molar-refractivity contribution in [1.82, 2.24) is 14.9 Å². The van der Waals surface area contributed by atoms with Gasteiger partial charge < -0.3 is 19.7 Å². The molecule has 8 nitrogen and oxygen atoms in total. The molecule has 0 unspecified atom stereocenters. The highest BCUT2D eigenvalue weighted by atomic mass is 32.1. The summed E-state index contributed by atoms with van der Waals surface area (Å²) in [6.45, 7) is 2.23. The molecule has 2 amide bonds. The summed E-state index contributed by atoms with van der Waals surface area (Å²) in [6.07, 6.45) is 6.29. The normalized spacial score (nSPS) is 15.7. The highest BCUT2D eigenvalue weighted by Crippen LogP contribution is 2.34. The fourth-order valence-electron chi connectivity index (χ4n) is 3.92. The van der Waals surface area contributed by atoms with Crippen molar-refractivity contribution >= 4 is 28.8 Å². The van der Waals surface area contributed by atoms with Crippen LogP contribution in [0.1, 0.15) is 29.6 Å². The molecular formula is C25H26N4O4S. The number of amides is 2. The van der Waals surface area contributed by atoms with E-state index in [4.69, 9.17) is 14.5 Å². The van der Waals surface area contributed by atoms with Crippen LogP contribution in [0.3, 0.4) is 0 Å². The predicted octanol–water partition coefficient (Wildman–Crippen LogP) is 4.09. The van der Waals surface area contributed by atoms with Crippen molar-refractivity contribution in [1.29, 1.82) is 0 Å². The molecule has 0 radical (unpaired) electrons. The largest absolute Gasteiger partial charge is 0.496 e. The van der Waals surface area contributed by atoms with E-state index < -0.39 is 0 Å². The summed E-state index contributed by atoms with van der Waals surface area (Å²) in [5.41, 5.74) is 3.50. The summed E-state index contributed by atoms with van der Waals surface area (Å²) < 4.78 is 10.9. The van der Waals surface area contributed by atoms with Gasteiger partial charge in [-0.05, 0) is 37.0 Å². The lowest BCUT2D eigenvalue weighted by atomic mass is 10.1. The van der Waals surface area contributed by atoms with Crippen LogP contribution >= 0.6 is 11.3 Å². The Morgan fingerprint density at radius 2 is 1.97 bits per heavy atom. The Morgan fingerprint density at radius 3 is 2.74 bits per heavy atom. The molecule has 2 fully saturated rings. The number of hydrogen-bond donors (Lipinski definition) is 1. The number of nitrogens with zero attached hydrogens (tertiary/aromatic N) is 3. The van der Waals surface area contributed by atoms with Crippen molar-refractivity contribution < 1.29 is 19.1 Å². The monoisotopic (exact) mass is 478 g/mol. The van der Waals surface area contributed by atoms with E-state index in [1.807, 2.05) is 23.6 Å². The summed E-state index contributed by atoms with van der Waals surface area (Å²) in [7, 11) is 1.56. The smallest absolute Gasteiger partial charge is 0.257 e.